The van der Waals surface area contributed by atoms with Crippen LogP contribution in [0.5, 0.6) is 0 Å². The van der Waals surface area contributed by atoms with Crippen LogP contribution in [0.25, 0.3) is 0 Å². The van der Waals surface area contributed by atoms with Gasteiger partial charge in [-0.25, -0.2) is 0 Å². The number of hydrogen-bond donors (Lipinski definition) is 0. The first-order valence-electron chi connectivity index (χ1n) is 6.59. The number of terminal acetylenes is 1. The summed E-state index contributed by atoms with van der Waals surface area (Å²) < 4.78 is 76.1. The summed E-state index contributed by atoms with van der Waals surface area (Å²) in [5.41, 5.74) is -0.157. The monoisotopic (exact) mass is 360 g/mol. The van der Waals surface area contributed by atoms with Gasteiger partial charge in [-0.2, -0.15) is 26.3 Å². The second-order valence-corrected chi connectivity index (χ2v) is 6.00. The van der Waals surface area contributed by atoms with E-state index in [-0.39, 0.29) is 0 Å². The lowest BCUT2D eigenvalue weighted by molar-refractivity contribution is -0.253. The highest BCUT2D eigenvalue weighted by atomic mass is 32.2. The van der Waals surface area contributed by atoms with Crippen molar-refractivity contribution in [3.8, 4) is 12.3 Å². The maximum absolute atomic E-state index is 12.7. The van der Waals surface area contributed by atoms with E-state index in [4.69, 9.17) is 6.42 Å². The van der Waals surface area contributed by atoms with Gasteiger partial charge in [-0.05, 0) is 42.0 Å². The van der Waals surface area contributed by atoms with E-state index in [9.17, 15) is 26.3 Å². The molecule has 0 N–H and O–H groups in total. The highest BCUT2D eigenvalue weighted by molar-refractivity contribution is 7.99. The Morgan fingerprint density at radius 3 is 1.54 bits per heavy atom. The molecule has 126 valence electrons. The van der Waals surface area contributed by atoms with Crippen molar-refractivity contribution in [3.63, 3.8) is 0 Å². The van der Waals surface area contributed by atoms with Crippen molar-refractivity contribution in [2.75, 3.05) is 0 Å². The van der Waals surface area contributed by atoms with E-state index >= 15 is 0 Å². The number of alkyl halides is 6. The van der Waals surface area contributed by atoms with Crippen molar-refractivity contribution in [2.45, 2.75) is 28.1 Å². The third-order valence-electron chi connectivity index (χ3n) is 3.12. The lowest BCUT2D eigenvalue weighted by Gasteiger charge is -2.23. The van der Waals surface area contributed by atoms with Crippen LogP contribution in [0.15, 0.2) is 58.3 Å². The average molecular weight is 360 g/mol. The Kier molecular flexibility index (Phi) is 5.19. The molecule has 2 aromatic carbocycles. The van der Waals surface area contributed by atoms with Gasteiger partial charge in [0.15, 0.2) is 5.92 Å². The van der Waals surface area contributed by atoms with Crippen LogP contribution in [0, 0.1) is 12.3 Å². The minimum Gasteiger partial charge on any atom is -0.170 e. The molecule has 24 heavy (non-hydrogen) atoms. The van der Waals surface area contributed by atoms with E-state index in [1.807, 2.05) is 0 Å². The van der Waals surface area contributed by atoms with Gasteiger partial charge in [-0.3, -0.25) is 0 Å². The molecule has 0 radical (unpaired) electrons. The molecule has 0 aromatic heterocycles. The van der Waals surface area contributed by atoms with Gasteiger partial charge in [-0.15, -0.1) is 6.42 Å². The molecule has 2 aromatic rings. The molecule has 0 aliphatic heterocycles. The zero-order valence-corrected chi connectivity index (χ0v) is 12.8. The van der Waals surface area contributed by atoms with E-state index in [0.29, 0.717) is 10.5 Å². The summed E-state index contributed by atoms with van der Waals surface area (Å²) in [5.74, 6) is -1.04. The molecule has 0 heterocycles. The highest BCUT2D eigenvalue weighted by Crippen LogP contribution is 2.46. The smallest absolute Gasteiger partial charge is 0.170 e. The highest BCUT2D eigenvalue weighted by Gasteiger charge is 2.57. The van der Waals surface area contributed by atoms with Crippen LogP contribution in [-0.4, -0.2) is 12.4 Å². The van der Waals surface area contributed by atoms with Gasteiger partial charge in [0, 0.05) is 15.4 Å². The van der Waals surface area contributed by atoms with Crippen LogP contribution < -0.4 is 0 Å². The normalized spacial score (nSPS) is 12.2. The summed E-state index contributed by atoms with van der Waals surface area (Å²) in [5, 5.41) is 0. The zero-order chi connectivity index (χ0) is 18.0. The minimum absolute atomic E-state index is 0.523. The summed E-state index contributed by atoms with van der Waals surface area (Å²) in [4.78, 5) is 1.29. The van der Waals surface area contributed by atoms with Gasteiger partial charge >= 0.3 is 12.4 Å². The number of benzene rings is 2. The van der Waals surface area contributed by atoms with E-state index in [1.165, 1.54) is 23.9 Å². The molecular weight excluding hydrogens is 350 g/mol. The van der Waals surface area contributed by atoms with Crippen LogP contribution in [0.2, 0.25) is 0 Å². The summed E-state index contributed by atoms with van der Waals surface area (Å²) in [6, 6.07) is 11.0. The summed E-state index contributed by atoms with van der Waals surface area (Å²) in [6.07, 6.45) is -5.55. The fraction of sp³-hybridized carbons (Fsp3) is 0.176. The molecule has 0 bridgehead atoms. The Hall–Kier alpha value is -2.07. The van der Waals surface area contributed by atoms with E-state index in [0.717, 1.165) is 17.0 Å². The average Bonchev–Trinajstić information content (AvgIpc) is 2.47. The van der Waals surface area contributed by atoms with Crippen molar-refractivity contribution in [1.82, 2.24) is 0 Å². The summed E-state index contributed by atoms with van der Waals surface area (Å²) in [6.45, 7) is 0. The van der Waals surface area contributed by atoms with Crippen molar-refractivity contribution in [3.05, 3.63) is 59.7 Å². The molecule has 0 spiro atoms. The fourth-order valence-electron chi connectivity index (χ4n) is 2.05. The van der Waals surface area contributed by atoms with Gasteiger partial charge in [0.2, 0.25) is 0 Å². The molecule has 0 aliphatic carbocycles. The van der Waals surface area contributed by atoms with Crippen LogP contribution >= 0.6 is 11.8 Å². The predicted molar refractivity (Wildman–Crippen MR) is 79.8 cm³/mol. The Balaban J connectivity index is 2.21. The second-order valence-electron chi connectivity index (χ2n) is 4.86. The van der Waals surface area contributed by atoms with Gasteiger partial charge in [0.05, 0.1) is 0 Å². The maximum Gasteiger partial charge on any atom is 0.404 e. The topological polar surface area (TPSA) is 0 Å². The first-order chi connectivity index (χ1) is 11.1. The minimum atomic E-state index is -5.39. The molecule has 0 fully saturated rings. The molecule has 0 unspecified atom stereocenters. The van der Waals surface area contributed by atoms with Crippen LogP contribution in [0.3, 0.4) is 0 Å². The Labute approximate surface area is 138 Å². The first kappa shape index (κ1) is 18.3. The second kappa shape index (κ2) is 6.81. The Morgan fingerprint density at radius 2 is 1.17 bits per heavy atom. The molecule has 0 aliphatic rings. The summed E-state index contributed by atoms with van der Waals surface area (Å²) in [7, 11) is 0. The van der Waals surface area contributed by atoms with Crippen molar-refractivity contribution in [1.29, 1.82) is 0 Å². The van der Waals surface area contributed by atoms with E-state index < -0.39 is 23.8 Å². The molecule has 0 saturated heterocycles. The largest absolute Gasteiger partial charge is 0.404 e. The van der Waals surface area contributed by atoms with E-state index in [2.05, 4.69) is 5.92 Å². The van der Waals surface area contributed by atoms with Gasteiger partial charge in [0.1, 0.15) is 0 Å². The van der Waals surface area contributed by atoms with E-state index in [1.54, 1.807) is 24.3 Å². The SMILES string of the molecule is C#Cc1ccc(Sc2ccc(C(C(F)(F)F)C(F)(F)F)cc2)cc1. The molecule has 7 heteroatoms. The number of halogens is 6. The van der Waals surface area contributed by atoms with Crippen molar-refractivity contribution < 1.29 is 26.3 Å². The molecule has 0 saturated carbocycles. The number of hydrogen-bond acceptors (Lipinski definition) is 1. The third kappa shape index (κ3) is 4.48. The third-order valence-corrected chi connectivity index (χ3v) is 4.14. The molecule has 2 rings (SSSR count). The lowest BCUT2D eigenvalue weighted by Crippen LogP contribution is -2.34. The lowest BCUT2D eigenvalue weighted by atomic mass is 9.98. The maximum atomic E-state index is 12.7. The molecule has 0 atom stereocenters. The summed E-state index contributed by atoms with van der Waals surface area (Å²) >= 11 is 1.21. The van der Waals surface area contributed by atoms with Crippen LogP contribution in [-0.2, 0) is 0 Å². The fourth-order valence-corrected chi connectivity index (χ4v) is 2.86. The number of rotatable bonds is 3. The quantitative estimate of drug-likeness (QED) is 0.476. The first-order valence-corrected chi connectivity index (χ1v) is 7.41. The van der Waals surface area contributed by atoms with Gasteiger partial charge in [-0.1, -0.05) is 29.8 Å². The molecule has 0 nitrogen and oxygen atoms in total. The Morgan fingerprint density at radius 1 is 0.750 bits per heavy atom. The van der Waals surface area contributed by atoms with Crippen molar-refractivity contribution in [2.24, 2.45) is 0 Å². The standard InChI is InChI=1S/C17H10F6S/c1-2-11-3-7-13(8-4-11)24-14-9-5-12(6-10-14)15(16(18,19)20)17(21,22)23/h1,3-10,15H. The van der Waals surface area contributed by atoms with Gasteiger partial charge < -0.3 is 0 Å². The van der Waals surface area contributed by atoms with Crippen LogP contribution in [0.1, 0.15) is 17.0 Å². The van der Waals surface area contributed by atoms with Gasteiger partial charge in [0.25, 0.3) is 0 Å². The zero-order valence-electron chi connectivity index (χ0n) is 11.9. The predicted octanol–water partition coefficient (Wildman–Crippen LogP) is 6.03. The van der Waals surface area contributed by atoms with Crippen LogP contribution in [0.4, 0.5) is 26.3 Å². The molecular formula is C17H10F6S. The Bertz CT molecular complexity index is 706. The van der Waals surface area contributed by atoms with Crippen molar-refractivity contribution >= 4 is 11.8 Å². The molecule has 0 amide bonds.